The van der Waals surface area contributed by atoms with Crippen molar-refractivity contribution in [3.63, 3.8) is 0 Å². The van der Waals surface area contributed by atoms with Gasteiger partial charge in [0.1, 0.15) is 12.4 Å². The number of halogens is 4. The summed E-state index contributed by atoms with van der Waals surface area (Å²) < 4.78 is 58.0. The molecule has 2 aromatic carbocycles. The quantitative estimate of drug-likeness (QED) is 0.592. The largest absolute Gasteiger partial charge is 0.492 e. The van der Waals surface area contributed by atoms with Gasteiger partial charge in [0, 0.05) is 32.1 Å². The van der Waals surface area contributed by atoms with Crippen molar-refractivity contribution >= 4 is 5.97 Å². The van der Waals surface area contributed by atoms with E-state index >= 15 is 0 Å². The standard InChI is InChI=1S/C24H26F4N2O3/c25-12-16-13-29(14-16)9-10-33-20-4-1-17(2-5-20)22-21-6-3-19(23(31)32)11-18(21)7-8-30(22)15-24(26,27)28/h1-6,11,16,22H,7-10,12-15H2,(H,31,32)/t22-/m0/s1. The van der Waals surface area contributed by atoms with Crippen LogP contribution in [0.15, 0.2) is 42.5 Å². The zero-order chi connectivity index (χ0) is 23.6. The van der Waals surface area contributed by atoms with E-state index < -0.39 is 24.7 Å². The minimum absolute atomic E-state index is 0.119. The first-order chi connectivity index (χ1) is 15.7. The molecule has 2 aliphatic rings. The Morgan fingerprint density at radius 1 is 1.12 bits per heavy atom. The number of rotatable bonds is 8. The molecule has 0 amide bonds. The first-order valence-corrected chi connectivity index (χ1v) is 10.9. The van der Waals surface area contributed by atoms with Crippen LogP contribution in [0.4, 0.5) is 17.6 Å². The van der Waals surface area contributed by atoms with E-state index in [4.69, 9.17) is 4.74 Å². The summed E-state index contributed by atoms with van der Waals surface area (Å²) in [4.78, 5) is 14.8. The molecule has 4 rings (SSSR count). The number of likely N-dealkylation sites (tertiary alicyclic amines) is 1. The number of carbonyl (C=O) groups is 1. The molecule has 2 aromatic rings. The number of hydrogen-bond acceptors (Lipinski definition) is 4. The molecular formula is C24H26F4N2O3. The van der Waals surface area contributed by atoms with Crippen molar-refractivity contribution in [1.82, 2.24) is 9.80 Å². The fourth-order valence-corrected chi connectivity index (χ4v) is 4.60. The van der Waals surface area contributed by atoms with Gasteiger partial charge < -0.3 is 9.84 Å². The van der Waals surface area contributed by atoms with Gasteiger partial charge in [0.15, 0.2) is 0 Å². The van der Waals surface area contributed by atoms with Crippen molar-refractivity contribution < 1.29 is 32.2 Å². The molecule has 0 aromatic heterocycles. The van der Waals surface area contributed by atoms with E-state index in [9.17, 15) is 27.5 Å². The van der Waals surface area contributed by atoms with Gasteiger partial charge in [-0.15, -0.1) is 0 Å². The molecule has 1 atom stereocenters. The van der Waals surface area contributed by atoms with Gasteiger partial charge >= 0.3 is 12.1 Å². The predicted octanol–water partition coefficient (Wildman–Crippen LogP) is 4.17. The highest BCUT2D eigenvalue weighted by Crippen LogP contribution is 2.38. The number of nitrogens with zero attached hydrogens (tertiary/aromatic N) is 2. The van der Waals surface area contributed by atoms with E-state index in [0.717, 1.165) is 18.7 Å². The van der Waals surface area contributed by atoms with Crippen LogP contribution < -0.4 is 4.74 Å². The molecule has 0 spiro atoms. The minimum Gasteiger partial charge on any atom is -0.492 e. The highest BCUT2D eigenvalue weighted by atomic mass is 19.4. The fourth-order valence-electron chi connectivity index (χ4n) is 4.60. The number of hydrogen-bond donors (Lipinski definition) is 1. The van der Waals surface area contributed by atoms with Gasteiger partial charge in [-0.05, 0) is 47.4 Å². The lowest BCUT2D eigenvalue weighted by molar-refractivity contribution is -0.150. The molecular weight excluding hydrogens is 440 g/mol. The van der Waals surface area contributed by atoms with Crippen molar-refractivity contribution in [2.75, 3.05) is 46.0 Å². The first kappa shape index (κ1) is 23.5. The Hall–Kier alpha value is -2.65. The zero-order valence-electron chi connectivity index (χ0n) is 18.0. The molecule has 1 saturated heterocycles. The van der Waals surface area contributed by atoms with Crippen LogP contribution in [0.25, 0.3) is 0 Å². The van der Waals surface area contributed by atoms with Gasteiger partial charge in [-0.2, -0.15) is 13.2 Å². The lowest BCUT2D eigenvalue weighted by Gasteiger charge is -2.38. The molecule has 0 saturated carbocycles. The van der Waals surface area contributed by atoms with Crippen LogP contribution in [0.1, 0.15) is 33.1 Å². The third kappa shape index (κ3) is 5.65. The fraction of sp³-hybridized carbons (Fsp3) is 0.458. The average Bonchev–Trinajstić information content (AvgIpc) is 2.74. The summed E-state index contributed by atoms with van der Waals surface area (Å²) in [6.07, 6.45) is -4.00. The van der Waals surface area contributed by atoms with Gasteiger partial charge in [-0.3, -0.25) is 14.2 Å². The van der Waals surface area contributed by atoms with Crippen LogP contribution in [0.5, 0.6) is 5.75 Å². The number of carboxylic acid groups (broad SMARTS) is 1. The van der Waals surface area contributed by atoms with Crippen LogP contribution in [0.2, 0.25) is 0 Å². The van der Waals surface area contributed by atoms with Gasteiger partial charge in [0.05, 0.1) is 24.8 Å². The van der Waals surface area contributed by atoms with Crippen molar-refractivity contribution in [2.45, 2.75) is 18.6 Å². The Morgan fingerprint density at radius 2 is 1.85 bits per heavy atom. The minimum atomic E-state index is -4.35. The smallest absolute Gasteiger partial charge is 0.401 e. The zero-order valence-corrected chi connectivity index (χ0v) is 18.0. The molecule has 2 aliphatic heterocycles. The molecule has 0 radical (unpaired) electrons. The second-order valence-electron chi connectivity index (χ2n) is 8.65. The summed E-state index contributed by atoms with van der Waals surface area (Å²) in [5.74, 6) is -0.332. The second-order valence-corrected chi connectivity index (χ2v) is 8.65. The topological polar surface area (TPSA) is 53.0 Å². The Morgan fingerprint density at radius 3 is 2.48 bits per heavy atom. The van der Waals surface area contributed by atoms with E-state index in [1.165, 1.54) is 11.0 Å². The van der Waals surface area contributed by atoms with Crippen LogP contribution in [0.3, 0.4) is 0 Å². The first-order valence-electron chi connectivity index (χ1n) is 10.9. The lowest BCUT2D eigenvalue weighted by Crippen LogP contribution is -2.49. The summed E-state index contributed by atoms with van der Waals surface area (Å²) in [6.45, 7) is 1.44. The van der Waals surface area contributed by atoms with Gasteiger partial charge in [0.2, 0.25) is 0 Å². The van der Waals surface area contributed by atoms with Crippen molar-refractivity contribution in [3.05, 3.63) is 64.7 Å². The molecule has 9 heteroatoms. The number of fused-ring (bicyclic) bond motifs is 1. The number of benzene rings is 2. The molecule has 1 fully saturated rings. The Balaban J connectivity index is 1.49. The van der Waals surface area contributed by atoms with E-state index in [2.05, 4.69) is 4.90 Å². The summed E-state index contributed by atoms with van der Waals surface area (Å²) in [6, 6.07) is 11.0. The number of carboxylic acids is 1. The maximum atomic E-state index is 13.3. The average molecular weight is 466 g/mol. The van der Waals surface area contributed by atoms with Gasteiger partial charge in [-0.1, -0.05) is 18.2 Å². The van der Waals surface area contributed by atoms with Gasteiger partial charge in [0.25, 0.3) is 0 Å². The number of alkyl halides is 4. The molecule has 1 N–H and O–H groups in total. The van der Waals surface area contributed by atoms with Crippen LogP contribution in [-0.4, -0.2) is 73.1 Å². The SMILES string of the molecule is O=C(O)c1ccc2c(c1)CCN(CC(F)(F)F)[C@H]2c1ccc(OCCN2CC(CF)C2)cc1. The highest BCUT2D eigenvalue weighted by molar-refractivity contribution is 5.88. The Labute approximate surface area is 189 Å². The monoisotopic (exact) mass is 466 g/mol. The van der Waals surface area contributed by atoms with Crippen LogP contribution >= 0.6 is 0 Å². The molecule has 5 nitrogen and oxygen atoms in total. The number of aromatic carboxylic acids is 1. The van der Waals surface area contributed by atoms with E-state index in [1.54, 1.807) is 36.4 Å². The molecule has 0 unspecified atom stereocenters. The third-order valence-electron chi connectivity index (χ3n) is 6.22. The number of ether oxygens (including phenoxy) is 1. The molecule has 33 heavy (non-hydrogen) atoms. The van der Waals surface area contributed by atoms with Crippen LogP contribution in [-0.2, 0) is 6.42 Å². The highest BCUT2D eigenvalue weighted by Gasteiger charge is 2.37. The van der Waals surface area contributed by atoms with Crippen molar-refractivity contribution in [2.24, 2.45) is 5.92 Å². The Bertz CT molecular complexity index is 975. The Kier molecular flexibility index (Phi) is 6.90. The second kappa shape index (κ2) is 9.69. The van der Waals surface area contributed by atoms with Crippen LogP contribution in [0, 0.1) is 5.92 Å². The lowest BCUT2D eigenvalue weighted by atomic mass is 9.87. The summed E-state index contributed by atoms with van der Waals surface area (Å²) >= 11 is 0. The van der Waals surface area contributed by atoms with Gasteiger partial charge in [-0.25, -0.2) is 4.79 Å². The summed E-state index contributed by atoms with van der Waals surface area (Å²) in [5, 5.41) is 9.26. The van der Waals surface area contributed by atoms with E-state index in [0.29, 0.717) is 36.4 Å². The van der Waals surface area contributed by atoms with E-state index in [1.807, 2.05) is 0 Å². The molecule has 0 bridgehead atoms. The van der Waals surface area contributed by atoms with E-state index in [-0.39, 0.29) is 24.7 Å². The maximum absolute atomic E-state index is 13.3. The normalized spacial score (nSPS) is 19.7. The van der Waals surface area contributed by atoms with Crippen molar-refractivity contribution in [3.8, 4) is 5.75 Å². The van der Waals surface area contributed by atoms with Crippen molar-refractivity contribution in [1.29, 1.82) is 0 Å². The molecule has 0 aliphatic carbocycles. The third-order valence-corrected chi connectivity index (χ3v) is 6.22. The summed E-state index contributed by atoms with van der Waals surface area (Å²) in [7, 11) is 0. The predicted molar refractivity (Wildman–Crippen MR) is 114 cm³/mol. The molecule has 178 valence electrons. The maximum Gasteiger partial charge on any atom is 0.401 e. The summed E-state index contributed by atoms with van der Waals surface area (Å²) in [5.41, 5.74) is 2.24. The molecule has 2 heterocycles.